The van der Waals surface area contributed by atoms with E-state index in [1.807, 2.05) is 49.4 Å². The van der Waals surface area contributed by atoms with Gasteiger partial charge in [0.15, 0.2) is 12.2 Å². The molecule has 0 spiro atoms. The van der Waals surface area contributed by atoms with Crippen LogP contribution in [0.1, 0.15) is 11.5 Å². The monoisotopic (exact) mass is 347 g/mol. The van der Waals surface area contributed by atoms with Crippen LogP contribution in [-0.2, 0) is 6.54 Å². The number of nitrogens with zero attached hydrogens (tertiary/aromatic N) is 3. The Hall–Kier alpha value is -3.61. The molecule has 7 nitrogen and oxygen atoms in total. The van der Waals surface area contributed by atoms with E-state index in [-0.39, 0.29) is 0 Å². The normalized spacial score (nSPS) is 10.7. The minimum absolute atomic E-state index is 0.515. The Morgan fingerprint density at radius 3 is 2.81 bits per heavy atom. The fraction of sp³-hybridized carbons (Fsp3) is 0.105. The third-order valence-electron chi connectivity index (χ3n) is 3.71. The highest BCUT2D eigenvalue weighted by Crippen LogP contribution is 2.24. The number of aromatic nitrogens is 3. The van der Waals surface area contributed by atoms with Gasteiger partial charge in [0, 0.05) is 23.0 Å². The van der Waals surface area contributed by atoms with E-state index in [1.54, 1.807) is 12.5 Å². The third-order valence-corrected chi connectivity index (χ3v) is 3.71. The van der Waals surface area contributed by atoms with E-state index >= 15 is 0 Å². The molecule has 0 atom stereocenters. The molecule has 2 N–H and O–H groups in total. The molecule has 0 aliphatic carbocycles. The highest BCUT2D eigenvalue weighted by molar-refractivity contribution is 5.66. The van der Waals surface area contributed by atoms with E-state index in [0.717, 1.165) is 28.5 Å². The minimum Gasteiger partial charge on any atom is -0.467 e. The summed E-state index contributed by atoms with van der Waals surface area (Å²) < 4.78 is 10.7. The van der Waals surface area contributed by atoms with Crippen molar-refractivity contribution in [2.75, 3.05) is 10.6 Å². The van der Waals surface area contributed by atoms with Gasteiger partial charge in [0.1, 0.15) is 11.6 Å². The number of anilines is 3. The molecule has 0 aliphatic rings. The third kappa shape index (κ3) is 3.72. The zero-order valence-corrected chi connectivity index (χ0v) is 14.1. The quantitative estimate of drug-likeness (QED) is 0.535. The summed E-state index contributed by atoms with van der Waals surface area (Å²) >= 11 is 0. The predicted octanol–water partition coefficient (Wildman–Crippen LogP) is 4.39. The van der Waals surface area contributed by atoms with Crippen LogP contribution >= 0.6 is 0 Å². The summed E-state index contributed by atoms with van der Waals surface area (Å²) in [4.78, 5) is 12.9. The van der Waals surface area contributed by atoms with Crippen LogP contribution in [0.25, 0.3) is 11.3 Å². The van der Waals surface area contributed by atoms with Crippen LogP contribution in [0.5, 0.6) is 0 Å². The molecule has 26 heavy (non-hydrogen) atoms. The lowest BCUT2D eigenvalue weighted by atomic mass is 10.1. The largest absolute Gasteiger partial charge is 0.467 e. The Morgan fingerprint density at radius 1 is 1.04 bits per heavy atom. The van der Waals surface area contributed by atoms with Crippen molar-refractivity contribution in [1.82, 2.24) is 15.0 Å². The number of aryl methyl sites for hydroxylation is 1. The Morgan fingerprint density at radius 2 is 2.00 bits per heavy atom. The van der Waals surface area contributed by atoms with Crippen LogP contribution in [0.2, 0.25) is 0 Å². The molecule has 0 radical (unpaired) electrons. The lowest BCUT2D eigenvalue weighted by Gasteiger charge is -2.10. The van der Waals surface area contributed by atoms with E-state index in [9.17, 15) is 0 Å². The summed E-state index contributed by atoms with van der Waals surface area (Å²) in [5, 5.41) is 6.47. The van der Waals surface area contributed by atoms with Gasteiger partial charge in [-0.25, -0.2) is 9.97 Å². The van der Waals surface area contributed by atoms with Crippen molar-refractivity contribution in [3.8, 4) is 11.3 Å². The Kier molecular flexibility index (Phi) is 4.34. The number of hydrogen-bond donors (Lipinski definition) is 2. The first-order valence-electron chi connectivity index (χ1n) is 8.14. The zero-order valence-electron chi connectivity index (χ0n) is 14.1. The van der Waals surface area contributed by atoms with Gasteiger partial charge in [-0.05, 0) is 31.2 Å². The zero-order chi connectivity index (χ0) is 17.8. The maximum atomic E-state index is 5.34. The first kappa shape index (κ1) is 15.9. The lowest BCUT2D eigenvalue weighted by molar-refractivity contribution is 0.518. The molecule has 0 bridgehead atoms. The Balaban J connectivity index is 1.52. The standard InChI is InChI=1S/C19H17N5O2/c1-13-8-18(21-10-16-6-3-7-25-16)24-19(22-13)23-15-5-2-4-14(9-15)17-11-20-12-26-17/h2-9,11-12H,10H2,1H3,(H2,21,22,23,24). The lowest BCUT2D eigenvalue weighted by Crippen LogP contribution is -2.05. The van der Waals surface area contributed by atoms with Crippen molar-refractivity contribution in [1.29, 1.82) is 0 Å². The van der Waals surface area contributed by atoms with Crippen LogP contribution in [-0.4, -0.2) is 15.0 Å². The Bertz CT molecular complexity index is 981. The van der Waals surface area contributed by atoms with Gasteiger partial charge >= 0.3 is 0 Å². The summed E-state index contributed by atoms with van der Waals surface area (Å²) in [6.45, 7) is 2.49. The van der Waals surface area contributed by atoms with Crippen LogP contribution in [0, 0.1) is 6.92 Å². The second-order valence-electron chi connectivity index (χ2n) is 5.72. The van der Waals surface area contributed by atoms with E-state index in [2.05, 4.69) is 25.6 Å². The van der Waals surface area contributed by atoms with Crippen molar-refractivity contribution in [2.45, 2.75) is 13.5 Å². The van der Waals surface area contributed by atoms with Crippen molar-refractivity contribution in [3.05, 3.63) is 72.8 Å². The second-order valence-corrected chi connectivity index (χ2v) is 5.72. The number of oxazole rings is 1. The number of nitrogens with one attached hydrogen (secondary N) is 2. The molecule has 4 aromatic rings. The molecular formula is C19H17N5O2. The maximum absolute atomic E-state index is 5.34. The number of benzene rings is 1. The molecule has 7 heteroatoms. The average molecular weight is 347 g/mol. The summed E-state index contributed by atoms with van der Waals surface area (Å²) in [7, 11) is 0. The second kappa shape index (κ2) is 7.10. The van der Waals surface area contributed by atoms with E-state index < -0.39 is 0 Å². The molecule has 3 heterocycles. The van der Waals surface area contributed by atoms with Crippen LogP contribution in [0.3, 0.4) is 0 Å². The van der Waals surface area contributed by atoms with Gasteiger partial charge < -0.3 is 19.5 Å². The predicted molar refractivity (Wildman–Crippen MR) is 98.0 cm³/mol. The smallest absolute Gasteiger partial charge is 0.229 e. The molecular weight excluding hydrogens is 330 g/mol. The molecule has 4 rings (SSSR count). The summed E-state index contributed by atoms with van der Waals surface area (Å²) in [5.74, 6) is 2.79. The van der Waals surface area contributed by atoms with Crippen molar-refractivity contribution in [3.63, 3.8) is 0 Å². The highest BCUT2D eigenvalue weighted by atomic mass is 16.3. The highest BCUT2D eigenvalue weighted by Gasteiger charge is 2.06. The maximum Gasteiger partial charge on any atom is 0.229 e. The van der Waals surface area contributed by atoms with Gasteiger partial charge in [0.05, 0.1) is 19.0 Å². The van der Waals surface area contributed by atoms with Crippen LogP contribution in [0.4, 0.5) is 17.5 Å². The molecule has 0 unspecified atom stereocenters. The van der Waals surface area contributed by atoms with Crippen LogP contribution < -0.4 is 10.6 Å². The van der Waals surface area contributed by atoms with E-state index in [1.165, 1.54) is 6.39 Å². The van der Waals surface area contributed by atoms with Crippen molar-refractivity contribution >= 4 is 17.5 Å². The molecule has 0 fully saturated rings. The summed E-state index contributed by atoms with van der Waals surface area (Å²) in [5.41, 5.74) is 2.65. The number of hydrogen-bond acceptors (Lipinski definition) is 7. The van der Waals surface area contributed by atoms with Crippen LogP contribution in [0.15, 0.2) is 70.2 Å². The molecule has 1 aromatic carbocycles. The van der Waals surface area contributed by atoms with Crippen molar-refractivity contribution < 1.29 is 8.83 Å². The molecule has 0 aliphatic heterocycles. The minimum atomic E-state index is 0.515. The van der Waals surface area contributed by atoms with E-state index in [4.69, 9.17) is 8.83 Å². The van der Waals surface area contributed by atoms with Crippen molar-refractivity contribution in [2.24, 2.45) is 0 Å². The van der Waals surface area contributed by atoms with Gasteiger partial charge in [-0.1, -0.05) is 12.1 Å². The van der Waals surface area contributed by atoms with Gasteiger partial charge in [-0.2, -0.15) is 4.98 Å². The SMILES string of the molecule is Cc1cc(NCc2ccco2)nc(Nc2cccc(-c3cnco3)c2)n1. The van der Waals surface area contributed by atoms with Gasteiger partial charge in [0.25, 0.3) is 0 Å². The molecule has 0 saturated heterocycles. The average Bonchev–Trinajstić information content (AvgIpc) is 3.34. The number of furan rings is 1. The summed E-state index contributed by atoms with van der Waals surface area (Å²) in [6, 6.07) is 13.5. The van der Waals surface area contributed by atoms with Gasteiger partial charge in [-0.15, -0.1) is 0 Å². The topological polar surface area (TPSA) is 89.0 Å². The van der Waals surface area contributed by atoms with E-state index in [0.29, 0.717) is 18.3 Å². The fourth-order valence-corrected chi connectivity index (χ4v) is 2.54. The van der Waals surface area contributed by atoms with Gasteiger partial charge in [0.2, 0.25) is 5.95 Å². The molecule has 3 aromatic heterocycles. The van der Waals surface area contributed by atoms with Gasteiger partial charge in [-0.3, -0.25) is 0 Å². The molecule has 0 amide bonds. The Labute approximate surface area is 150 Å². The number of rotatable bonds is 6. The summed E-state index contributed by atoms with van der Waals surface area (Å²) in [6.07, 6.45) is 4.74. The fourth-order valence-electron chi connectivity index (χ4n) is 2.54. The first-order chi connectivity index (χ1) is 12.8. The molecule has 0 saturated carbocycles. The first-order valence-corrected chi connectivity index (χ1v) is 8.14. The molecule has 130 valence electrons.